The fraction of sp³-hybridized carbons (Fsp3) is 0.0851. The van der Waals surface area contributed by atoms with Crippen molar-refractivity contribution in [3.05, 3.63) is 208 Å². The summed E-state index contributed by atoms with van der Waals surface area (Å²) in [5.41, 5.74) is 12.3. The number of ketones is 1. The standard InChI is InChI=1S/C47H33NO2/c1-46(2)39-21-11-12-22-41(39)48(43-40(46)29-28-34-33-16-8-13-23-42(33)50-45(34)43)32-26-24-31(25-27-32)47(30-14-4-3-5-15-30)37-19-9-6-17-35(37)44(49)36-18-7-10-20-38(36)47/h3-29H,1-2H3. The van der Waals surface area contributed by atoms with Crippen LogP contribution >= 0.6 is 0 Å². The van der Waals surface area contributed by atoms with Crippen molar-refractivity contribution in [1.82, 2.24) is 0 Å². The van der Waals surface area contributed by atoms with E-state index < -0.39 is 5.41 Å². The molecule has 3 heteroatoms. The van der Waals surface area contributed by atoms with E-state index in [1.54, 1.807) is 0 Å². The monoisotopic (exact) mass is 643 g/mol. The van der Waals surface area contributed by atoms with Crippen molar-refractivity contribution < 1.29 is 9.21 Å². The number of nitrogens with zero attached hydrogens (tertiary/aromatic N) is 1. The smallest absolute Gasteiger partial charge is 0.193 e. The van der Waals surface area contributed by atoms with E-state index in [0.717, 1.165) is 72.4 Å². The number of hydrogen-bond acceptors (Lipinski definition) is 3. The Labute approximate surface area is 291 Å². The molecule has 0 bridgehead atoms. The van der Waals surface area contributed by atoms with E-state index in [4.69, 9.17) is 4.42 Å². The van der Waals surface area contributed by atoms with Crippen LogP contribution in [0.5, 0.6) is 0 Å². The van der Waals surface area contributed by atoms with Crippen LogP contribution in [0.1, 0.15) is 63.1 Å². The van der Waals surface area contributed by atoms with Gasteiger partial charge in [0.25, 0.3) is 0 Å². The predicted molar refractivity (Wildman–Crippen MR) is 202 cm³/mol. The first-order valence-electron chi connectivity index (χ1n) is 17.2. The third kappa shape index (κ3) is 3.72. The number of benzene rings is 7. The zero-order valence-electron chi connectivity index (χ0n) is 27.9. The summed E-state index contributed by atoms with van der Waals surface area (Å²) in [6, 6.07) is 57.4. The molecule has 2 heterocycles. The van der Waals surface area contributed by atoms with Crippen LogP contribution in [0.2, 0.25) is 0 Å². The second kappa shape index (κ2) is 10.4. The van der Waals surface area contributed by atoms with Crippen molar-refractivity contribution in [2.75, 3.05) is 4.90 Å². The van der Waals surface area contributed by atoms with Gasteiger partial charge >= 0.3 is 0 Å². The summed E-state index contributed by atoms with van der Waals surface area (Å²) in [7, 11) is 0. The van der Waals surface area contributed by atoms with Crippen LogP contribution in [-0.2, 0) is 10.8 Å². The average Bonchev–Trinajstić information content (AvgIpc) is 3.55. The van der Waals surface area contributed by atoms with Gasteiger partial charge < -0.3 is 9.32 Å². The lowest BCUT2D eigenvalue weighted by molar-refractivity contribution is 0.103. The first-order valence-corrected chi connectivity index (χ1v) is 17.2. The Bertz CT molecular complexity index is 2600. The number of fused-ring (bicyclic) bond motifs is 8. The van der Waals surface area contributed by atoms with Crippen LogP contribution in [0, 0.1) is 0 Å². The SMILES string of the molecule is CC1(C)c2ccccc2N(c2ccc(C3(c4ccccc4)c4ccccc4C(=O)c4ccccc43)cc2)c2c1ccc1c2oc2ccccc21. The molecule has 3 nitrogen and oxygen atoms in total. The van der Waals surface area contributed by atoms with Gasteiger partial charge in [-0.2, -0.15) is 0 Å². The highest BCUT2D eigenvalue weighted by Crippen LogP contribution is 2.56. The molecule has 50 heavy (non-hydrogen) atoms. The van der Waals surface area contributed by atoms with Crippen molar-refractivity contribution in [1.29, 1.82) is 0 Å². The van der Waals surface area contributed by atoms with Gasteiger partial charge in [-0.25, -0.2) is 0 Å². The van der Waals surface area contributed by atoms with Gasteiger partial charge in [0.2, 0.25) is 0 Å². The quantitative estimate of drug-likeness (QED) is 0.192. The molecule has 8 aromatic rings. The van der Waals surface area contributed by atoms with Crippen LogP contribution in [-0.4, -0.2) is 5.78 Å². The van der Waals surface area contributed by atoms with Gasteiger partial charge in [0.05, 0.1) is 16.8 Å². The lowest BCUT2D eigenvalue weighted by Crippen LogP contribution is -2.38. The molecular formula is C47H33NO2. The van der Waals surface area contributed by atoms with Crippen molar-refractivity contribution >= 4 is 44.8 Å². The Balaban J connectivity index is 1.24. The first kappa shape index (κ1) is 28.8. The van der Waals surface area contributed by atoms with Crippen LogP contribution in [0.25, 0.3) is 21.9 Å². The summed E-state index contributed by atoms with van der Waals surface area (Å²) >= 11 is 0. The number of anilines is 3. The molecule has 0 saturated heterocycles. The Morgan fingerprint density at radius 1 is 0.500 bits per heavy atom. The van der Waals surface area contributed by atoms with E-state index in [9.17, 15) is 4.79 Å². The Morgan fingerprint density at radius 2 is 1.08 bits per heavy atom. The largest absolute Gasteiger partial charge is 0.454 e. The van der Waals surface area contributed by atoms with E-state index in [2.05, 4.69) is 140 Å². The molecule has 0 radical (unpaired) electrons. The van der Waals surface area contributed by atoms with Gasteiger partial charge in [-0.3, -0.25) is 4.79 Å². The Hall–Kier alpha value is -6.19. The van der Waals surface area contributed by atoms with E-state index in [1.165, 1.54) is 11.1 Å². The third-order valence-corrected chi connectivity index (χ3v) is 11.2. The van der Waals surface area contributed by atoms with E-state index in [0.29, 0.717) is 0 Å². The summed E-state index contributed by atoms with van der Waals surface area (Å²) in [4.78, 5) is 16.3. The van der Waals surface area contributed by atoms with Crippen molar-refractivity contribution in [2.24, 2.45) is 0 Å². The summed E-state index contributed by atoms with van der Waals surface area (Å²) in [6.45, 7) is 4.62. The minimum absolute atomic E-state index is 0.0679. The average molecular weight is 644 g/mol. The second-order valence-corrected chi connectivity index (χ2v) is 14.0. The topological polar surface area (TPSA) is 33.5 Å². The van der Waals surface area contributed by atoms with Gasteiger partial charge in [-0.15, -0.1) is 0 Å². The molecule has 1 aliphatic heterocycles. The lowest BCUT2D eigenvalue weighted by atomic mass is 9.59. The molecule has 0 fully saturated rings. The number of hydrogen-bond donors (Lipinski definition) is 0. The van der Waals surface area contributed by atoms with Gasteiger partial charge in [0.15, 0.2) is 11.4 Å². The van der Waals surface area contributed by atoms with E-state index in [-0.39, 0.29) is 11.2 Å². The molecule has 1 aliphatic carbocycles. The molecule has 238 valence electrons. The summed E-state index contributed by atoms with van der Waals surface area (Å²) < 4.78 is 6.72. The van der Waals surface area contributed by atoms with Crippen LogP contribution in [0.15, 0.2) is 168 Å². The van der Waals surface area contributed by atoms with Gasteiger partial charge in [0.1, 0.15) is 5.58 Å². The summed E-state index contributed by atoms with van der Waals surface area (Å²) in [5.74, 6) is 0.0679. The fourth-order valence-corrected chi connectivity index (χ4v) is 8.88. The minimum Gasteiger partial charge on any atom is -0.454 e. The molecule has 0 unspecified atom stereocenters. The number of rotatable bonds is 3. The van der Waals surface area contributed by atoms with Gasteiger partial charge in [0, 0.05) is 33.0 Å². The lowest BCUT2D eigenvalue weighted by Gasteiger charge is -2.43. The van der Waals surface area contributed by atoms with Crippen molar-refractivity contribution in [3.63, 3.8) is 0 Å². The normalized spacial score (nSPS) is 15.3. The second-order valence-electron chi connectivity index (χ2n) is 14.0. The Kier molecular flexibility index (Phi) is 5.99. The van der Waals surface area contributed by atoms with Crippen molar-refractivity contribution in [3.8, 4) is 0 Å². The minimum atomic E-state index is -0.688. The highest BCUT2D eigenvalue weighted by atomic mass is 16.3. The molecule has 7 aromatic carbocycles. The van der Waals surface area contributed by atoms with E-state index in [1.807, 2.05) is 42.5 Å². The number of furan rings is 1. The molecule has 0 saturated carbocycles. The number of carbonyl (C=O) groups excluding carboxylic acids is 1. The predicted octanol–water partition coefficient (Wildman–Crippen LogP) is 11.6. The molecule has 0 amide bonds. The third-order valence-electron chi connectivity index (χ3n) is 11.2. The zero-order valence-corrected chi connectivity index (χ0v) is 27.9. The van der Waals surface area contributed by atoms with Crippen LogP contribution < -0.4 is 4.90 Å². The van der Waals surface area contributed by atoms with Crippen LogP contribution in [0.3, 0.4) is 0 Å². The molecule has 0 atom stereocenters. The maximum atomic E-state index is 14.0. The highest BCUT2D eigenvalue weighted by Gasteiger charge is 2.46. The number of para-hydroxylation sites is 2. The van der Waals surface area contributed by atoms with Gasteiger partial charge in [-0.1, -0.05) is 153 Å². The number of carbonyl (C=O) groups is 1. The maximum Gasteiger partial charge on any atom is 0.193 e. The Morgan fingerprint density at radius 3 is 1.80 bits per heavy atom. The fourth-order valence-electron chi connectivity index (χ4n) is 8.88. The van der Waals surface area contributed by atoms with Gasteiger partial charge in [-0.05, 0) is 57.6 Å². The van der Waals surface area contributed by atoms with Crippen molar-refractivity contribution in [2.45, 2.75) is 24.7 Å². The first-order chi connectivity index (χ1) is 24.5. The molecule has 2 aliphatic rings. The molecule has 0 N–H and O–H groups in total. The van der Waals surface area contributed by atoms with E-state index >= 15 is 0 Å². The van der Waals surface area contributed by atoms with Crippen LogP contribution in [0.4, 0.5) is 17.1 Å². The maximum absolute atomic E-state index is 14.0. The molecule has 0 spiro atoms. The molecule has 1 aromatic heterocycles. The molecule has 10 rings (SSSR count). The summed E-state index contributed by atoms with van der Waals surface area (Å²) in [6.07, 6.45) is 0. The molecular weight excluding hydrogens is 611 g/mol. The summed E-state index contributed by atoms with van der Waals surface area (Å²) in [5, 5.41) is 2.23. The highest BCUT2D eigenvalue weighted by molar-refractivity contribution is 6.14. The zero-order chi connectivity index (χ0) is 33.6.